The Kier molecular flexibility index (Phi) is 5.64. The van der Waals surface area contributed by atoms with E-state index in [1.807, 2.05) is 12.4 Å². The van der Waals surface area contributed by atoms with Crippen LogP contribution in [0.15, 0.2) is 24.5 Å². The van der Waals surface area contributed by atoms with E-state index < -0.39 is 5.60 Å². The van der Waals surface area contributed by atoms with Crippen LogP contribution < -0.4 is 0 Å². The molecule has 128 valence electrons. The second-order valence-corrected chi connectivity index (χ2v) is 7.10. The quantitative estimate of drug-likeness (QED) is 0.879. The van der Waals surface area contributed by atoms with Gasteiger partial charge in [0, 0.05) is 58.2 Å². The minimum atomic E-state index is -0.512. The normalized spacial score (nSPS) is 28.1. The van der Waals surface area contributed by atoms with Crippen LogP contribution in [0.1, 0.15) is 25.3 Å². The molecule has 0 amide bonds. The van der Waals surface area contributed by atoms with E-state index in [9.17, 15) is 5.11 Å². The van der Waals surface area contributed by atoms with Crippen LogP contribution >= 0.6 is 0 Å². The van der Waals surface area contributed by atoms with Crippen LogP contribution in [-0.4, -0.2) is 82.7 Å². The molecule has 1 aromatic rings. The van der Waals surface area contributed by atoms with Crippen molar-refractivity contribution in [3.63, 3.8) is 0 Å². The molecule has 5 nitrogen and oxygen atoms in total. The van der Waals surface area contributed by atoms with E-state index in [1.165, 1.54) is 5.56 Å². The van der Waals surface area contributed by atoms with Gasteiger partial charge in [-0.15, -0.1) is 0 Å². The van der Waals surface area contributed by atoms with Crippen LogP contribution in [0.2, 0.25) is 0 Å². The van der Waals surface area contributed by atoms with Gasteiger partial charge in [-0.25, -0.2) is 0 Å². The molecule has 0 aliphatic carbocycles. The Bertz CT molecular complexity index is 475. The molecule has 0 spiro atoms. The highest BCUT2D eigenvalue weighted by molar-refractivity contribution is 5.09. The number of hydrogen-bond donors (Lipinski definition) is 1. The molecule has 0 radical (unpaired) electrons. The molecule has 0 bridgehead atoms. The van der Waals surface area contributed by atoms with Gasteiger partial charge in [-0.05, 0) is 43.6 Å². The van der Waals surface area contributed by atoms with Crippen molar-refractivity contribution in [3.8, 4) is 0 Å². The first-order chi connectivity index (χ1) is 11.2. The van der Waals surface area contributed by atoms with Gasteiger partial charge in [0.15, 0.2) is 0 Å². The third kappa shape index (κ3) is 4.73. The van der Waals surface area contributed by atoms with Crippen molar-refractivity contribution in [2.75, 3.05) is 52.4 Å². The molecule has 1 atom stereocenters. The van der Waals surface area contributed by atoms with Gasteiger partial charge >= 0.3 is 0 Å². The van der Waals surface area contributed by atoms with E-state index in [4.69, 9.17) is 0 Å². The number of pyridine rings is 1. The zero-order valence-corrected chi connectivity index (χ0v) is 14.3. The molecule has 2 aliphatic heterocycles. The Morgan fingerprint density at radius 1 is 1.04 bits per heavy atom. The minimum Gasteiger partial charge on any atom is -0.387 e. The monoisotopic (exact) mass is 318 g/mol. The first-order valence-electron chi connectivity index (χ1n) is 8.95. The molecular formula is C18H30N4O. The van der Waals surface area contributed by atoms with Crippen LogP contribution in [0.3, 0.4) is 0 Å². The Labute approximate surface area is 139 Å². The lowest BCUT2D eigenvalue weighted by Gasteiger charge is -2.43. The molecule has 1 aromatic heterocycles. The fourth-order valence-corrected chi connectivity index (χ4v) is 3.87. The van der Waals surface area contributed by atoms with Crippen molar-refractivity contribution >= 4 is 0 Å². The van der Waals surface area contributed by atoms with Crippen LogP contribution in [-0.2, 0) is 6.54 Å². The standard InChI is InChI=1S/C18H30N4O/c1-2-20-9-3-6-18(23,15-20)16-22-12-10-21(11-13-22)14-17-4-7-19-8-5-17/h4-5,7-8,23H,2-3,6,9-16H2,1H3/t18-/m0/s1. The summed E-state index contributed by atoms with van der Waals surface area (Å²) >= 11 is 0. The molecule has 23 heavy (non-hydrogen) atoms. The number of aromatic nitrogens is 1. The third-order valence-electron chi connectivity index (χ3n) is 5.22. The summed E-state index contributed by atoms with van der Waals surface area (Å²) in [6, 6.07) is 4.19. The number of β-amino-alcohol motifs (C(OH)–C–C–N with tert-alkyl or cyclic N) is 1. The maximum atomic E-state index is 10.9. The SMILES string of the molecule is CCN1CCC[C@@](O)(CN2CCN(Cc3ccncc3)CC2)C1. The summed E-state index contributed by atoms with van der Waals surface area (Å²) in [6.07, 6.45) is 5.79. The summed E-state index contributed by atoms with van der Waals surface area (Å²) in [5.41, 5.74) is 0.819. The van der Waals surface area contributed by atoms with Crippen molar-refractivity contribution in [3.05, 3.63) is 30.1 Å². The number of hydrogen-bond acceptors (Lipinski definition) is 5. The number of nitrogens with zero attached hydrogens (tertiary/aromatic N) is 4. The topological polar surface area (TPSA) is 42.8 Å². The zero-order chi connectivity index (χ0) is 16.1. The van der Waals surface area contributed by atoms with Crippen LogP contribution in [0.4, 0.5) is 0 Å². The largest absolute Gasteiger partial charge is 0.387 e. The van der Waals surface area contributed by atoms with Gasteiger partial charge in [-0.1, -0.05) is 6.92 Å². The molecule has 5 heteroatoms. The Balaban J connectivity index is 1.45. The summed E-state index contributed by atoms with van der Waals surface area (Å²) in [5.74, 6) is 0. The van der Waals surface area contributed by atoms with Crippen LogP contribution in [0.5, 0.6) is 0 Å². The highest BCUT2D eigenvalue weighted by Crippen LogP contribution is 2.23. The Hall–Kier alpha value is -1.01. The van der Waals surface area contributed by atoms with Gasteiger partial charge in [0.05, 0.1) is 5.60 Å². The summed E-state index contributed by atoms with van der Waals surface area (Å²) in [7, 11) is 0. The first kappa shape index (κ1) is 16.8. The fraction of sp³-hybridized carbons (Fsp3) is 0.722. The van der Waals surface area contributed by atoms with E-state index in [0.717, 1.165) is 71.7 Å². The van der Waals surface area contributed by atoms with Crippen LogP contribution in [0, 0.1) is 0 Å². The fourth-order valence-electron chi connectivity index (χ4n) is 3.87. The van der Waals surface area contributed by atoms with Gasteiger partial charge in [0.1, 0.15) is 0 Å². The van der Waals surface area contributed by atoms with Gasteiger partial charge in [0.2, 0.25) is 0 Å². The molecular weight excluding hydrogens is 288 g/mol. The van der Waals surface area contributed by atoms with Gasteiger partial charge < -0.3 is 10.0 Å². The highest BCUT2D eigenvalue weighted by Gasteiger charge is 2.35. The van der Waals surface area contributed by atoms with Crippen molar-refractivity contribution < 1.29 is 5.11 Å². The van der Waals surface area contributed by atoms with Crippen molar-refractivity contribution in [2.24, 2.45) is 0 Å². The molecule has 3 heterocycles. The summed E-state index contributed by atoms with van der Waals surface area (Å²) in [5, 5.41) is 10.9. The lowest BCUT2D eigenvalue weighted by molar-refractivity contribution is -0.0588. The lowest BCUT2D eigenvalue weighted by Crippen LogP contribution is -2.57. The number of likely N-dealkylation sites (tertiary alicyclic amines) is 1. The molecule has 3 rings (SSSR count). The van der Waals surface area contributed by atoms with Crippen molar-refractivity contribution in [1.82, 2.24) is 19.7 Å². The number of aliphatic hydroxyl groups is 1. The Morgan fingerprint density at radius 2 is 1.74 bits per heavy atom. The number of piperazine rings is 1. The maximum absolute atomic E-state index is 10.9. The molecule has 2 saturated heterocycles. The Morgan fingerprint density at radius 3 is 2.43 bits per heavy atom. The van der Waals surface area contributed by atoms with E-state index in [-0.39, 0.29) is 0 Å². The van der Waals surface area contributed by atoms with Gasteiger partial charge in [-0.3, -0.25) is 14.8 Å². The second kappa shape index (κ2) is 7.71. The number of piperidine rings is 1. The first-order valence-corrected chi connectivity index (χ1v) is 8.95. The molecule has 0 aromatic carbocycles. The van der Waals surface area contributed by atoms with E-state index in [1.54, 1.807) is 0 Å². The van der Waals surface area contributed by atoms with Crippen molar-refractivity contribution in [1.29, 1.82) is 0 Å². The van der Waals surface area contributed by atoms with Gasteiger partial charge in [0.25, 0.3) is 0 Å². The average molecular weight is 318 g/mol. The summed E-state index contributed by atoms with van der Waals surface area (Å²) in [6.45, 7) is 11.3. The number of rotatable bonds is 5. The third-order valence-corrected chi connectivity index (χ3v) is 5.22. The molecule has 0 unspecified atom stereocenters. The maximum Gasteiger partial charge on any atom is 0.0900 e. The summed E-state index contributed by atoms with van der Waals surface area (Å²) < 4.78 is 0. The highest BCUT2D eigenvalue weighted by atomic mass is 16.3. The van der Waals surface area contributed by atoms with Crippen LogP contribution in [0.25, 0.3) is 0 Å². The molecule has 2 fully saturated rings. The molecule has 1 N–H and O–H groups in total. The predicted octanol–water partition coefficient (Wildman–Crippen LogP) is 1.05. The van der Waals surface area contributed by atoms with E-state index >= 15 is 0 Å². The average Bonchev–Trinajstić information content (AvgIpc) is 2.57. The zero-order valence-electron chi connectivity index (χ0n) is 14.3. The minimum absolute atomic E-state index is 0.512. The summed E-state index contributed by atoms with van der Waals surface area (Å²) in [4.78, 5) is 11.4. The van der Waals surface area contributed by atoms with Gasteiger partial charge in [-0.2, -0.15) is 0 Å². The predicted molar refractivity (Wildman–Crippen MR) is 92.3 cm³/mol. The smallest absolute Gasteiger partial charge is 0.0900 e. The number of likely N-dealkylation sites (N-methyl/N-ethyl adjacent to an activating group) is 1. The van der Waals surface area contributed by atoms with E-state index in [2.05, 4.69) is 38.7 Å². The lowest BCUT2D eigenvalue weighted by atomic mass is 9.92. The van der Waals surface area contributed by atoms with E-state index in [0.29, 0.717) is 0 Å². The van der Waals surface area contributed by atoms with Crippen molar-refractivity contribution in [2.45, 2.75) is 31.9 Å². The second-order valence-electron chi connectivity index (χ2n) is 7.10. The molecule has 0 saturated carbocycles. The molecule has 2 aliphatic rings.